The minimum atomic E-state index is -5.80. The van der Waals surface area contributed by atoms with E-state index in [-0.39, 0.29) is 11.1 Å². The van der Waals surface area contributed by atoms with Crippen LogP contribution in [0.25, 0.3) is 0 Å². The van der Waals surface area contributed by atoms with Gasteiger partial charge in [0.25, 0.3) is 0 Å². The van der Waals surface area contributed by atoms with E-state index in [0.717, 1.165) is 12.1 Å². The summed E-state index contributed by atoms with van der Waals surface area (Å²) in [4.78, 5) is 0. The molecule has 0 radical (unpaired) electrons. The van der Waals surface area contributed by atoms with Gasteiger partial charge in [-0.25, -0.2) is 0 Å². The van der Waals surface area contributed by atoms with Gasteiger partial charge in [0.05, 0.1) is 13.2 Å². The normalized spacial score (nSPS) is 13.1. The fourth-order valence-corrected chi connectivity index (χ4v) is 3.39. The predicted molar refractivity (Wildman–Crippen MR) is 88.8 cm³/mol. The van der Waals surface area contributed by atoms with E-state index in [2.05, 4.69) is 0 Å². The summed E-state index contributed by atoms with van der Waals surface area (Å²) in [6.07, 6.45) is -11.6. The fourth-order valence-electron chi connectivity index (χ4n) is 3.39. The molecule has 9 heteroatoms. The minimum Gasteiger partial charge on any atom is -0.507 e. The standard InChI is InChI=1S/C19H18F6O3/c1-10-3-11(2)5-14(4-10)17(18(20,21)22,19(23,24)25)15-6-12(8-26)16(28)13(7-15)9-27/h3-7,26-28H,8-9H2,1-2H3. The summed E-state index contributed by atoms with van der Waals surface area (Å²) in [5.41, 5.74) is -7.40. The maximum Gasteiger partial charge on any atom is 0.411 e. The van der Waals surface area contributed by atoms with Crippen LogP contribution in [0.1, 0.15) is 33.4 Å². The SMILES string of the molecule is Cc1cc(C)cc(C(c2cc(CO)c(O)c(CO)c2)(C(F)(F)F)C(F)(F)F)c1. The summed E-state index contributed by atoms with van der Waals surface area (Å²) in [7, 11) is 0. The number of halogens is 6. The molecule has 0 fully saturated rings. The highest BCUT2D eigenvalue weighted by atomic mass is 19.4. The lowest BCUT2D eigenvalue weighted by atomic mass is 9.71. The number of phenols is 1. The number of rotatable bonds is 4. The summed E-state index contributed by atoms with van der Waals surface area (Å²) in [5.74, 6) is -0.757. The summed E-state index contributed by atoms with van der Waals surface area (Å²) in [5, 5.41) is 28.4. The third kappa shape index (κ3) is 3.44. The van der Waals surface area contributed by atoms with Crippen LogP contribution >= 0.6 is 0 Å². The van der Waals surface area contributed by atoms with Crippen LogP contribution in [0.15, 0.2) is 30.3 Å². The first-order valence-electron chi connectivity index (χ1n) is 8.08. The van der Waals surface area contributed by atoms with Gasteiger partial charge in [0, 0.05) is 11.1 Å². The molecule has 0 aromatic heterocycles. The third-order valence-corrected chi connectivity index (χ3v) is 4.55. The number of aromatic hydroxyl groups is 1. The van der Waals surface area contributed by atoms with Crippen LogP contribution in [0.3, 0.4) is 0 Å². The van der Waals surface area contributed by atoms with Crippen molar-refractivity contribution in [1.29, 1.82) is 0 Å². The third-order valence-electron chi connectivity index (χ3n) is 4.55. The van der Waals surface area contributed by atoms with Crippen LogP contribution in [-0.2, 0) is 18.6 Å². The lowest BCUT2D eigenvalue weighted by molar-refractivity contribution is -0.288. The van der Waals surface area contributed by atoms with Crippen molar-refractivity contribution in [3.63, 3.8) is 0 Å². The van der Waals surface area contributed by atoms with E-state index >= 15 is 0 Å². The maximum atomic E-state index is 14.2. The first kappa shape index (κ1) is 22.0. The topological polar surface area (TPSA) is 60.7 Å². The number of hydrogen-bond donors (Lipinski definition) is 3. The monoisotopic (exact) mass is 408 g/mol. The Labute approximate surface area is 156 Å². The molecule has 0 unspecified atom stereocenters. The zero-order valence-corrected chi connectivity index (χ0v) is 14.9. The van der Waals surface area contributed by atoms with E-state index in [0.29, 0.717) is 12.1 Å². The van der Waals surface area contributed by atoms with Gasteiger partial charge in [-0.1, -0.05) is 29.3 Å². The molecule has 0 heterocycles. The molecule has 2 aromatic rings. The molecule has 0 aliphatic heterocycles. The van der Waals surface area contributed by atoms with Crippen LogP contribution in [-0.4, -0.2) is 27.7 Å². The molecule has 28 heavy (non-hydrogen) atoms. The Bertz CT molecular complexity index is 812. The molecular formula is C19H18F6O3. The number of hydrogen-bond acceptors (Lipinski definition) is 3. The van der Waals surface area contributed by atoms with Gasteiger partial charge in [-0.3, -0.25) is 0 Å². The zero-order valence-electron chi connectivity index (χ0n) is 14.9. The Morgan fingerprint density at radius 2 is 1.04 bits per heavy atom. The zero-order chi connectivity index (χ0) is 21.5. The van der Waals surface area contributed by atoms with Gasteiger partial charge in [0.15, 0.2) is 0 Å². The number of aryl methyl sites for hydroxylation is 2. The number of aliphatic hydroxyl groups excluding tert-OH is 2. The molecule has 0 atom stereocenters. The van der Waals surface area contributed by atoms with Gasteiger partial charge < -0.3 is 15.3 Å². The second kappa shape index (κ2) is 7.29. The molecule has 0 aliphatic rings. The summed E-state index contributed by atoms with van der Waals surface area (Å²) in [6, 6.07) is 3.98. The smallest absolute Gasteiger partial charge is 0.411 e. The number of benzene rings is 2. The van der Waals surface area contributed by atoms with Crippen LogP contribution in [0.5, 0.6) is 5.75 Å². The first-order chi connectivity index (χ1) is 12.8. The van der Waals surface area contributed by atoms with E-state index in [1.807, 2.05) is 0 Å². The Morgan fingerprint density at radius 3 is 1.36 bits per heavy atom. The quantitative estimate of drug-likeness (QED) is 0.657. The van der Waals surface area contributed by atoms with Crippen molar-refractivity contribution in [2.75, 3.05) is 0 Å². The Morgan fingerprint density at radius 1 is 0.679 bits per heavy atom. The van der Waals surface area contributed by atoms with Gasteiger partial charge >= 0.3 is 12.4 Å². The highest BCUT2D eigenvalue weighted by Crippen LogP contribution is 2.57. The Hall–Kier alpha value is -2.26. The second-order valence-corrected chi connectivity index (χ2v) is 6.58. The van der Waals surface area contributed by atoms with Gasteiger partial charge in [0.2, 0.25) is 5.41 Å². The maximum absolute atomic E-state index is 14.2. The molecule has 0 saturated carbocycles. The van der Waals surface area contributed by atoms with Gasteiger partial charge in [-0.15, -0.1) is 0 Å². The highest BCUT2D eigenvalue weighted by Gasteiger charge is 2.72. The van der Waals surface area contributed by atoms with E-state index in [1.54, 1.807) is 0 Å². The Balaban J connectivity index is 3.06. The molecule has 2 aromatic carbocycles. The predicted octanol–water partition coefficient (Wildman–Crippen LogP) is 4.40. The average molecular weight is 408 g/mol. The average Bonchev–Trinajstić information content (AvgIpc) is 2.52. The van der Waals surface area contributed by atoms with Gasteiger partial charge in [-0.2, -0.15) is 26.3 Å². The molecule has 0 aliphatic carbocycles. The lowest BCUT2D eigenvalue weighted by Gasteiger charge is -2.39. The van der Waals surface area contributed by atoms with E-state index in [9.17, 15) is 41.7 Å². The van der Waals surface area contributed by atoms with Crippen LogP contribution < -0.4 is 0 Å². The van der Waals surface area contributed by atoms with Crippen LogP contribution in [0, 0.1) is 13.8 Å². The molecular weight excluding hydrogens is 390 g/mol. The lowest BCUT2D eigenvalue weighted by Crippen LogP contribution is -2.55. The van der Waals surface area contributed by atoms with Crippen molar-refractivity contribution in [2.24, 2.45) is 0 Å². The van der Waals surface area contributed by atoms with Crippen molar-refractivity contribution in [2.45, 2.75) is 44.8 Å². The Kier molecular flexibility index (Phi) is 5.73. The molecule has 3 N–H and O–H groups in total. The highest BCUT2D eigenvalue weighted by molar-refractivity contribution is 5.52. The van der Waals surface area contributed by atoms with Crippen molar-refractivity contribution in [3.8, 4) is 5.75 Å². The largest absolute Gasteiger partial charge is 0.507 e. The van der Waals surface area contributed by atoms with Crippen molar-refractivity contribution in [3.05, 3.63) is 63.7 Å². The molecule has 3 nitrogen and oxygen atoms in total. The van der Waals surface area contributed by atoms with Gasteiger partial charge in [-0.05, 0) is 37.1 Å². The summed E-state index contributed by atoms with van der Waals surface area (Å²) in [6.45, 7) is 0.739. The fraction of sp³-hybridized carbons (Fsp3) is 0.368. The molecule has 2 rings (SSSR count). The molecule has 0 amide bonds. The second-order valence-electron chi connectivity index (χ2n) is 6.58. The van der Waals surface area contributed by atoms with Crippen molar-refractivity contribution >= 4 is 0 Å². The summed E-state index contributed by atoms with van der Waals surface area (Å²) < 4.78 is 85.0. The van der Waals surface area contributed by atoms with Gasteiger partial charge in [0.1, 0.15) is 5.75 Å². The summed E-state index contributed by atoms with van der Waals surface area (Å²) >= 11 is 0. The molecule has 0 bridgehead atoms. The van der Waals surface area contributed by atoms with E-state index < -0.39 is 59.0 Å². The van der Waals surface area contributed by atoms with E-state index in [1.165, 1.54) is 19.9 Å². The van der Waals surface area contributed by atoms with Crippen molar-refractivity contribution in [1.82, 2.24) is 0 Å². The minimum absolute atomic E-state index is 0.205. The van der Waals surface area contributed by atoms with Crippen LogP contribution in [0.4, 0.5) is 26.3 Å². The number of aliphatic hydroxyl groups is 2. The van der Waals surface area contributed by atoms with Crippen LogP contribution in [0.2, 0.25) is 0 Å². The molecule has 154 valence electrons. The van der Waals surface area contributed by atoms with Crippen molar-refractivity contribution < 1.29 is 41.7 Å². The number of alkyl halides is 6. The van der Waals surface area contributed by atoms with E-state index in [4.69, 9.17) is 0 Å². The first-order valence-corrected chi connectivity index (χ1v) is 8.08. The molecule has 0 spiro atoms. The molecule has 0 saturated heterocycles.